The molecule has 2 aromatic heterocycles. The molecule has 4 N–H and O–H groups in total. The Bertz CT molecular complexity index is 996. The van der Waals surface area contributed by atoms with E-state index in [1.807, 2.05) is 12.1 Å². The highest BCUT2D eigenvalue weighted by Crippen LogP contribution is 2.41. The summed E-state index contributed by atoms with van der Waals surface area (Å²) in [5.74, 6) is 1.93. The zero-order valence-electron chi connectivity index (χ0n) is 15.2. The van der Waals surface area contributed by atoms with Gasteiger partial charge in [0, 0.05) is 15.0 Å². The van der Waals surface area contributed by atoms with Crippen LogP contribution in [0.5, 0.6) is 11.5 Å². The minimum Gasteiger partial charge on any atom is -0.454 e. The van der Waals surface area contributed by atoms with Gasteiger partial charge in [0.2, 0.25) is 6.79 Å². The normalized spacial score (nSPS) is 12.8. The second-order valence-electron chi connectivity index (χ2n) is 6.42. The maximum atomic E-state index is 6.04. The van der Waals surface area contributed by atoms with Crippen molar-refractivity contribution in [2.24, 2.45) is 5.73 Å². The monoisotopic (exact) mass is 512 g/mol. The van der Waals surface area contributed by atoms with E-state index in [0.29, 0.717) is 11.3 Å². The molecule has 10 heteroatoms. The van der Waals surface area contributed by atoms with E-state index < -0.39 is 0 Å². The van der Waals surface area contributed by atoms with E-state index in [-0.39, 0.29) is 6.79 Å². The van der Waals surface area contributed by atoms with Crippen molar-refractivity contribution >= 4 is 51.3 Å². The van der Waals surface area contributed by atoms with Gasteiger partial charge >= 0.3 is 0 Å². The van der Waals surface area contributed by atoms with Crippen LogP contribution in [0.1, 0.15) is 25.7 Å². The number of hydrogen-bond donors (Lipinski definition) is 2. The Morgan fingerprint density at radius 3 is 2.71 bits per heavy atom. The molecule has 0 amide bonds. The highest BCUT2D eigenvalue weighted by atomic mass is 127. The van der Waals surface area contributed by atoms with Gasteiger partial charge in [0.1, 0.15) is 6.33 Å². The van der Waals surface area contributed by atoms with Crippen molar-refractivity contribution in [3.05, 3.63) is 22.0 Å². The number of imidazole rings is 1. The molecule has 1 aliphatic heterocycles. The molecule has 3 aromatic rings. The number of halogens is 1. The van der Waals surface area contributed by atoms with Crippen LogP contribution in [0.15, 0.2) is 28.5 Å². The number of fused-ring (bicyclic) bond motifs is 2. The fourth-order valence-corrected chi connectivity index (χ4v) is 4.77. The van der Waals surface area contributed by atoms with Crippen LogP contribution in [0.4, 0.5) is 5.82 Å². The third-order valence-corrected chi connectivity index (χ3v) is 6.80. The molecule has 0 unspecified atom stereocenters. The van der Waals surface area contributed by atoms with E-state index in [9.17, 15) is 0 Å². The molecular formula is C18H21IN6O2S. The maximum Gasteiger partial charge on any atom is 0.231 e. The largest absolute Gasteiger partial charge is 0.454 e. The molecule has 1 aliphatic rings. The Kier molecular flexibility index (Phi) is 6.07. The third kappa shape index (κ3) is 3.98. The van der Waals surface area contributed by atoms with E-state index in [1.165, 1.54) is 6.33 Å². The summed E-state index contributed by atoms with van der Waals surface area (Å²) >= 11 is 3.88. The number of hydrogen-bond acceptors (Lipinski definition) is 8. The van der Waals surface area contributed by atoms with Gasteiger partial charge in [-0.25, -0.2) is 15.0 Å². The zero-order chi connectivity index (χ0) is 19.5. The first-order valence-corrected chi connectivity index (χ1v) is 11.0. The van der Waals surface area contributed by atoms with Crippen LogP contribution in [-0.4, -0.2) is 32.9 Å². The number of nitrogens with zero attached hydrogens (tertiary/aromatic N) is 4. The minimum absolute atomic E-state index is 0.257. The quantitative estimate of drug-likeness (QED) is 0.349. The fraction of sp³-hybridized carbons (Fsp3) is 0.389. The Hall–Kier alpha value is -1.79. The molecule has 0 saturated heterocycles. The number of anilines is 1. The highest BCUT2D eigenvalue weighted by Gasteiger charge is 2.20. The van der Waals surface area contributed by atoms with Gasteiger partial charge in [-0.1, -0.05) is 24.6 Å². The molecule has 0 aliphatic carbocycles. The molecule has 0 spiro atoms. The molecule has 148 valence electrons. The molecule has 4 rings (SSSR count). The van der Waals surface area contributed by atoms with Gasteiger partial charge in [-0.15, -0.1) is 0 Å². The van der Waals surface area contributed by atoms with Crippen LogP contribution >= 0.6 is 34.4 Å². The van der Waals surface area contributed by atoms with Crippen molar-refractivity contribution in [1.82, 2.24) is 19.5 Å². The lowest BCUT2D eigenvalue weighted by atomic mass is 10.2. The summed E-state index contributed by atoms with van der Waals surface area (Å²) in [6.45, 7) is 1.81. The van der Waals surface area contributed by atoms with Gasteiger partial charge in [0.25, 0.3) is 0 Å². The summed E-state index contributed by atoms with van der Waals surface area (Å²) in [6, 6.07) is 3.98. The lowest BCUT2D eigenvalue weighted by Crippen LogP contribution is -2.03. The van der Waals surface area contributed by atoms with Crippen molar-refractivity contribution < 1.29 is 9.47 Å². The molecule has 0 fully saturated rings. The van der Waals surface area contributed by atoms with Gasteiger partial charge in [-0.3, -0.25) is 0 Å². The van der Waals surface area contributed by atoms with E-state index in [1.54, 1.807) is 11.8 Å². The molecule has 0 radical (unpaired) electrons. The number of ether oxygens (including phenoxy) is 2. The Labute approximate surface area is 180 Å². The molecule has 8 nitrogen and oxygen atoms in total. The van der Waals surface area contributed by atoms with Crippen LogP contribution in [-0.2, 0) is 6.54 Å². The summed E-state index contributed by atoms with van der Waals surface area (Å²) in [7, 11) is 0. The lowest BCUT2D eigenvalue weighted by molar-refractivity contribution is 0.174. The van der Waals surface area contributed by atoms with E-state index in [4.69, 9.17) is 25.9 Å². The van der Waals surface area contributed by atoms with E-state index in [0.717, 1.165) is 69.5 Å². The first-order valence-electron chi connectivity index (χ1n) is 9.11. The van der Waals surface area contributed by atoms with Crippen LogP contribution in [0.3, 0.4) is 0 Å². The van der Waals surface area contributed by atoms with Crippen molar-refractivity contribution in [2.45, 2.75) is 42.3 Å². The van der Waals surface area contributed by atoms with Crippen LogP contribution in [0.25, 0.3) is 11.2 Å². The van der Waals surface area contributed by atoms with Gasteiger partial charge in [0.05, 0.1) is 0 Å². The second kappa shape index (κ2) is 8.70. The number of aromatic nitrogens is 4. The molecular weight excluding hydrogens is 491 g/mol. The van der Waals surface area contributed by atoms with Crippen molar-refractivity contribution in [3.63, 3.8) is 0 Å². The Morgan fingerprint density at radius 1 is 1.11 bits per heavy atom. The standard InChI is InChI=1S/C18H21IN6O2S/c19-11-7-12-13(27-10-26-12)8-14(11)28-18-24-15-16(21)22-9-23-17(15)25(18)6-4-2-1-3-5-20/h7-9H,1-6,10,20H2,(H2,21,22,23). The van der Waals surface area contributed by atoms with Crippen molar-refractivity contribution in [2.75, 3.05) is 19.1 Å². The highest BCUT2D eigenvalue weighted by molar-refractivity contribution is 14.1. The summed E-state index contributed by atoms with van der Waals surface area (Å²) in [5, 5.41) is 0.845. The van der Waals surface area contributed by atoms with Crippen molar-refractivity contribution in [1.29, 1.82) is 0 Å². The molecule has 1 aromatic carbocycles. The fourth-order valence-electron chi connectivity index (χ4n) is 3.06. The van der Waals surface area contributed by atoms with Crippen LogP contribution < -0.4 is 20.9 Å². The maximum absolute atomic E-state index is 6.04. The number of nitrogen functional groups attached to an aromatic ring is 1. The Morgan fingerprint density at radius 2 is 1.89 bits per heavy atom. The van der Waals surface area contributed by atoms with Gasteiger partial charge in [-0.2, -0.15) is 0 Å². The summed E-state index contributed by atoms with van der Waals surface area (Å²) in [6.07, 6.45) is 5.81. The first-order chi connectivity index (χ1) is 13.7. The Balaban J connectivity index is 1.64. The van der Waals surface area contributed by atoms with Crippen molar-refractivity contribution in [3.8, 4) is 11.5 Å². The first kappa shape index (κ1) is 19.5. The lowest BCUT2D eigenvalue weighted by Gasteiger charge is -2.10. The number of nitrogens with two attached hydrogens (primary N) is 2. The van der Waals surface area contributed by atoms with E-state index >= 15 is 0 Å². The van der Waals surface area contributed by atoms with E-state index in [2.05, 4.69) is 37.1 Å². The number of unbranched alkanes of at least 4 members (excludes halogenated alkanes) is 3. The molecule has 28 heavy (non-hydrogen) atoms. The summed E-state index contributed by atoms with van der Waals surface area (Å²) in [4.78, 5) is 14.3. The topological polar surface area (TPSA) is 114 Å². The molecule has 0 saturated carbocycles. The number of rotatable bonds is 8. The minimum atomic E-state index is 0.257. The number of benzene rings is 1. The number of aryl methyl sites for hydroxylation is 1. The molecule has 0 bridgehead atoms. The third-order valence-electron chi connectivity index (χ3n) is 4.49. The van der Waals surface area contributed by atoms with Gasteiger partial charge < -0.3 is 25.5 Å². The summed E-state index contributed by atoms with van der Waals surface area (Å²) in [5.41, 5.74) is 13.0. The predicted octanol–water partition coefficient (Wildman–Crippen LogP) is 3.41. The average Bonchev–Trinajstić information content (AvgIpc) is 3.27. The zero-order valence-corrected chi connectivity index (χ0v) is 18.2. The summed E-state index contributed by atoms with van der Waals surface area (Å²) < 4.78 is 14.2. The second-order valence-corrected chi connectivity index (χ2v) is 8.59. The molecule has 0 atom stereocenters. The average molecular weight is 512 g/mol. The molecule has 3 heterocycles. The SMILES string of the molecule is NCCCCCCn1c(Sc2cc3c(cc2I)OCO3)nc2c(N)ncnc21. The van der Waals surface area contributed by atoms with Gasteiger partial charge in [0.15, 0.2) is 33.6 Å². The van der Waals surface area contributed by atoms with Crippen LogP contribution in [0, 0.1) is 3.57 Å². The predicted molar refractivity (Wildman–Crippen MR) is 117 cm³/mol. The van der Waals surface area contributed by atoms with Gasteiger partial charge in [-0.05, 0) is 54.1 Å². The smallest absolute Gasteiger partial charge is 0.231 e. The van der Waals surface area contributed by atoms with Crippen LogP contribution in [0.2, 0.25) is 0 Å².